The third-order valence-electron chi connectivity index (χ3n) is 4.47. The molecule has 6 N–H and O–H groups in total. The topological polar surface area (TPSA) is 137 Å². The quantitative estimate of drug-likeness (QED) is 0.439. The Kier molecular flexibility index (Phi) is 7.17. The second-order valence-electron chi connectivity index (χ2n) is 7.44. The van der Waals surface area contributed by atoms with Crippen molar-refractivity contribution in [2.75, 3.05) is 0 Å². The highest BCUT2D eigenvalue weighted by Crippen LogP contribution is 2.19. The van der Waals surface area contributed by atoms with Gasteiger partial charge in [-0.3, -0.25) is 9.59 Å². The molecule has 0 saturated heterocycles. The summed E-state index contributed by atoms with van der Waals surface area (Å²) in [6.45, 7) is 5.36. The van der Waals surface area contributed by atoms with Crippen molar-refractivity contribution in [2.24, 2.45) is 11.7 Å². The van der Waals surface area contributed by atoms with Crippen molar-refractivity contribution < 1.29 is 19.5 Å². The molecule has 2 amide bonds. The number of benzene rings is 1. The molecule has 0 bridgehead atoms. The van der Waals surface area contributed by atoms with Gasteiger partial charge in [-0.05, 0) is 30.9 Å². The molecule has 0 fully saturated rings. The molecule has 2 aromatic rings. The number of aliphatic carboxylic acids is 1. The number of fused-ring (bicyclic) bond motifs is 1. The minimum Gasteiger partial charge on any atom is -0.480 e. The van der Waals surface area contributed by atoms with Gasteiger partial charge in [0.25, 0.3) is 0 Å². The number of rotatable bonds is 9. The van der Waals surface area contributed by atoms with Crippen LogP contribution in [-0.2, 0) is 20.8 Å². The van der Waals surface area contributed by atoms with Crippen LogP contribution in [0.4, 0.5) is 0 Å². The highest BCUT2D eigenvalue weighted by molar-refractivity contribution is 5.92. The lowest BCUT2D eigenvalue weighted by molar-refractivity contribution is -0.142. The van der Waals surface area contributed by atoms with E-state index in [4.69, 9.17) is 5.73 Å². The molecule has 28 heavy (non-hydrogen) atoms. The smallest absolute Gasteiger partial charge is 0.326 e. The molecular weight excluding hydrogens is 360 g/mol. The number of carbonyl (C=O) groups is 3. The third kappa shape index (κ3) is 5.56. The first-order valence-corrected chi connectivity index (χ1v) is 9.33. The summed E-state index contributed by atoms with van der Waals surface area (Å²) in [6.07, 6.45) is 2.25. The van der Waals surface area contributed by atoms with Crippen molar-refractivity contribution in [1.29, 1.82) is 0 Å². The van der Waals surface area contributed by atoms with E-state index in [2.05, 4.69) is 15.6 Å². The number of carbonyl (C=O) groups excluding carboxylic acids is 2. The molecule has 0 aliphatic carbocycles. The summed E-state index contributed by atoms with van der Waals surface area (Å²) in [5.74, 6) is -2.00. The van der Waals surface area contributed by atoms with Crippen LogP contribution in [0.15, 0.2) is 30.5 Å². The van der Waals surface area contributed by atoms with Crippen LogP contribution in [0.2, 0.25) is 0 Å². The standard InChI is InChI=1S/C20H28N4O4/c1-11(2)8-16(23-18(25)12(3)21)19(26)24-17(20(27)28)9-13-10-22-15-7-5-4-6-14(13)15/h4-7,10-12,16-17,22H,8-9,21H2,1-3H3,(H,23,25)(H,24,26)(H,27,28). The van der Waals surface area contributed by atoms with E-state index >= 15 is 0 Å². The van der Waals surface area contributed by atoms with Gasteiger partial charge in [0.1, 0.15) is 12.1 Å². The molecule has 8 nitrogen and oxygen atoms in total. The van der Waals surface area contributed by atoms with E-state index in [-0.39, 0.29) is 12.3 Å². The summed E-state index contributed by atoms with van der Waals surface area (Å²) in [6, 6.07) is 4.83. The van der Waals surface area contributed by atoms with Crippen molar-refractivity contribution in [1.82, 2.24) is 15.6 Å². The van der Waals surface area contributed by atoms with Gasteiger partial charge in [-0.15, -0.1) is 0 Å². The van der Waals surface area contributed by atoms with Crippen LogP contribution >= 0.6 is 0 Å². The number of H-pyrrole nitrogens is 1. The number of nitrogens with two attached hydrogens (primary N) is 1. The SMILES string of the molecule is CC(C)CC(NC(=O)C(C)N)C(=O)NC(Cc1c[nH]c2ccccc12)C(=O)O. The van der Waals surface area contributed by atoms with E-state index in [0.717, 1.165) is 16.5 Å². The maximum atomic E-state index is 12.7. The fourth-order valence-corrected chi connectivity index (χ4v) is 3.00. The Hall–Kier alpha value is -2.87. The van der Waals surface area contributed by atoms with E-state index in [1.165, 1.54) is 6.92 Å². The minimum absolute atomic E-state index is 0.126. The number of amides is 2. The van der Waals surface area contributed by atoms with Crippen LogP contribution in [0.3, 0.4) is 0 Å². The number of aromatic amines is 1. The van der Waals surface area contributed by atoms with E-state index in [1.807, 2.05) is 38.1 Å². The molecule has 0 saturated carbocycles. The maximum Gasteiger partial charge on any atom is 0.326 e. The van der Waals surface area contributed by atoms with Crippen LogP contribution < -0.4 is 16.4 Å². The van der Waals surface area contributed by atoms with Gasteiger partial charge in [0, 0.05) is 23.5 Å². The highest BCUT2D eigenvalue weighted by Gasteiger charge is 2.28. The number of nitrogens with one attached hydrogen (secondary N) is 3. The number of carboxylic acids is 1. The van der Waals surface area contributed by atoms with Crippen LogP contribution in [0.25, 0.3) is 10.9 Å². The fourth-order valence-electron chi connectivity index (χ4n) is 3.00. The Morgan fingerprint density at radius 2 is 1.71 bits per heavy atom. The predicted octanol–water partition coefficient (Wildman–Crippen LogP) is 1.16. The molecule has 2 rings (SSSR count). The van der Waals surface area contributed by atoms with Gasteiger partial charge < -0.3 is 26.5 Å². The van der Waals surface area contributed by atoms with Crippen molar-refractivity contribution in [2.45, 2.75) is 51.7 Å². The van der Waals surface area contributed by atoms with E-state index in [1.54, 1.807) is 6.20 Å². The van der Waals surface area contributed by atoms with Crippen molar-refractivity contribution in [3.8, 4) is 0 Å². The molecular formula is C20H28N4O4. The van der Waals surface area contributed by atoms with Gasteiger partial charge in [-0.25, -0.2) is 4.79 Å². The van der Waals surface area contributed by atoms with E-state index in [0.29, 0.717) is 6.42 Å². The molecule has 8 heteroatoms. The van der Waals surface area contributed by atoms with Gasteiger partial charge in [0.15, 0.2) is 0 Å². The number of hydrogen-bond acceptors (Lipinski definition) is 4. The number of hydrogen-bond donors (Lipinski definition) is 5. The van der Waals surface area contributed by atoms with Crippen molar-refractivity contribution in [3.63, 3.8) is 0 Å². The Morgan fingerprint density at radius 3 is 2.32 bits per heavy atom. The molecule has 0 spiro atoms. The zero-order valence-electron chi connectivity index (χ0n) is 16.4. The van der Waals surface area contributed by atoms with E-state index in [9.17, 15) is 19.5 Å². The molecule has 152 valence electrons. The first-order chi connectivity index (χ1) is 13.2. The Morgan fingerprint density at radius 1 is 1.07 bits per heavy atom. The zero-order valence-corrected chi connectivity index (χ0v) is 16.4. The summed E-state index contributed by atoms with van der Waals surface area (Å²) in [5.41, 5.74) is 7.26. The monoisotopic (exact) mass is 388 g/mol. The Balaban J connectivity index is 2.15. The van der Waals surface area contributed by atoms with Gasteiger partial charge in [-0.2, -0.15) is 0 Å². The van der Waals surface area contributed by atoms with Crippen LogP contribution in [0.5, 0.6) is 0 Å². The lowest BCUT2D eigenvalue weighted by Crippen LogP contribution is -2.54. The Bertz CT molecular complexity index is 844. The minimum atomic E-state index is -1.14. The first kappa shape index (κ1) is 21.4. The summed E-state index contributed by atoms with van der Waals surface area (Å²) in [7, 11) is 0. The summed E-state index contributed by atoms with van der Waals surface area (Å²) >= 11 is 0. The molecule has 0 aliphatic rings. The van der Waals surface area contributed by atoms with Crippen molar-refractivity contribution in [3.05, 3.63) is 36.0 Å². The predicted molar refractivity (Wildman–Crippen MR) is 107 cm³/mol. The van der Waals surface area contributed by atoms with Gasteiger partial charge in [-0.1, -0.05) is 32.0 Å². The second kappa shape index (κ2) is 9.36. The highest BCUT2D eigenvalue weighted by atomic mass is 16.4. The molecule has 0 aliphatic heterocycles. The van der Waals surface area contributed by atoms with Crippen LogP contribution in [-0.4, -0.2) is 46.0 Å². The summed E-state index contributed by atoms with van der Waals surface area (Å²) in [5, 5.41) is 15.7. The average molecular weight is 388 g/mol. The van der Waals surface area contributed by atoms with Crippen LogP contribution in [0, 0.1) is 5.92 Å². The fraction of sp³-hybridized carbons (Fsp3) is 0.450. The molecule has 1 aromatic carbocycles. The zero-order chi connectivity index (χ0) is 20.8. The molecule has 1 aromatic heterocycles. The normalized spacial score (nSPS) is 14.5. The van der Waals surface area contributed by atoms with Gasteiger partial charge in [0.2, 0.25) is 11.8 Å². The number of para-hydroxylation sites is 1. The average Bonchev–Trinajstić information content (AvgIpc) is 3.03. The molecule has 1 heterocycles. The molecule has 0 radical (unpaired) electrons. The van der Waals surface area contributed by atoms with Gasteiger partial charge >= 0.3 is 5.97 Å². The maximum absolute atomic E-state index is 12.7. The van der Waals surface area contributed by atoms with Crippen LogP contribution in [0.1, 0.15) is 32.8 Å². The molecule has 3 atom stereocenters. The van der Waals surface area contributed by atoms with E-state index < -0.39 is 35.9 Å². The second-order valence-corrected chi connectivity index (χ2v) is 7.44. The summed E-state index contributed by atoms with van der Waals surface area (Å²) in [4.78, 5) is 39.5. The number of carboxylic acid groups (broad SMARTS) is 1. The number of aromatic nitrogens is 1. The van der Waals surface area contributed by atoms with Crippen molar-refractivity contribution >= 4 is 28.7 Å². The first-order valence-electron chi connectivity index (χ1n) is 9.33. The lowest BCUT2D eigenvalue weighted by Gasteiger charge is -2.23. The Labute approximate surface area is 163 Å². The van der Waals surface area contributed by atoms with Gasteiger partial charge in [0.05, 0.1) is 6.04 Å². The lowest BCUT2D eigenvalue weighted by atomic mass is 10.0. The third-order valence-corrected chi connectivity index (χ3v) is 4.47. The molecule has 3 unspecified atom stereocenters. The summed E-state index contributed by atoms with van der Waals surface area (Å²) < 4.78 is 0. The largest absolute Gasteiger partial charge is 0.480 e.